The molecule has 1 saturated heterocycles. The van der Waals surface area contributed by atoms with E-state index in [0.29, 0.717) is 5.92 Å². The second-order valence-corrected chi connectivity index (χ2v) is 3.37. The Morgan fingerprint density at radius 2 is 2.54 bits per heavy atom. The molecule has 1 fully saturated rings. The van der Waals surface area contributed by atoms with Gasteiger partial charge in [0.15, 0.2) is 0 Å². The van der Waals surface area contributed by atoms with Crippen LogP contribution < -0.4 is 5.32 Å². The number of hydrogen-bond acceptors (Lipinski definition) is 3. The van der Waals surface area contributed by atoms with Crippen molar-refractivity contribution < 1.29 is 9.53 Å². The SMILES string of the molecule is COC(=O)/C=C\CC1CCCNC1. The number of ether oxygens (including phenoxy) is 1. The van der Waals surface area contributed by atoms with Gasteiger partial charge < -0.3 is 10.1 Å². The first kappa shape index (κ1) is 10.3. The van der Waals surface area contributed by atoms with Crippen LogP contribution in [-0.2, 0) is 9.53 Å². The third kappa shape index (κ3) is 4.08. The van der Waals surface area contributed by atoms with Gasteiger partial charge in [-0.3, -0.25) is 0 Å². The molecular formula is C10H17NO2. The molecule has 1 rings (SSSR count). The van der Waals surface area contributed by atoms with E-state index in [2.05, 4.69) is 10.1 Å². The molecule has 13 heavy (non-hydrogen) atoms. The summed E-state index contributed by atoms with van der Waals surface area (Å²) in [6.45, 7) is 2.21. The molecule has 0 aromatic carbocycles. The standard InChI is InChI=1S/C10H17NO2/c1-13-10(12)6-2-4-9-5-3-7-11-8-9/h2,6,9,11H,3-5,7-8H2,1H3/b6-2-. The monoisotopic (exact) mass is 183 g/mol. The molecule has 1 aliphatic heterocycles. The second-order valence-electron chi connectivity index (χ2n) is 3.37. The zero-order valence-corrected chi connectivity index (χ0v) is 8.08. The van der Waals surface area contributed by atoms with E-state index in [-0.39, 0.29) is 5.97 Å². The molecule has 0 aliphatic carbocycles. The van der Waals surface area contributed by atoms with Gasteiger partial charge >= 0.3 is 5.97 Å². The Morgan fingerprint density at radius 3 is 3.15 bits per heavy atom. The van der Waals surface area contributed by atoms with Gasteiger partial charge in [-0.25, -0.2) is 4.79 Å². The summed E-state index contributed by atoms with van der Waals surface area (Å²) in [5.41, 5.74) is 0. The molecule has 1 N–H and O–H groups in total. The van der Waals surface area contributed by atoms with Gasteiger partial charge in [-0.15, -0.1) is 0 Å². The van der Waals surface area contributed by atoms with Crippen molar-refractivity contribution in [3.8, 4) is 0 Å². The predicted octanol–water partition coefficient (Wildman–Crippen LogP) is 1.11. The number of piperidine rings is 1. The fraction of sp³-hybridized carbons (Fsp3) is 0.700. The minimum atomic E-state index is -0.260. The van der Waals surface area contributed by atoms with Gasteiger partial charge in [0, 0.05) is 6.08 Å². The van der Waals surface area contributed by atoms with Gasteiger partial charge in [0.05, 0.1) is 7.11 Å². The summed E-state index contributed by atoms with van der Waals surface area (Å²) < 4.78 is 4.50. The summed E-state index contributed by atoms with van der Waals surface area (Å²) in [5, 5.41) is 3.34. The maximum atomic E-state index is 10.7. The van der Waals surface area contributed by atoms with Crippen LogP contribution in [0.25, 0.3) is 0 Å². The minimum absolute atomic E-state index is 0.260. The molecule has 1 atom stereocenters. The lowest BCUT2D eigenvalue weighted by molar-refractivity contribution is -0.134. The molecule has 0 aromatic rings. The van der Waals surface area contributed by atoms with E-state index in [0.717, 1.165) is 19.5 Å². The number of allylic oxidation sites excluding steroid dienone is 1. The number of hydrogen-bond donors (Lipinski definition) is 1. The molecule has 3 nitrogen and oxygen atoms in total. The summed E-state index contributed by atoms with van der Waals surface area (Å²) in [6.07, 6.45) is 6.90. The number of carbonyl (C=O) groups excluding carboxylic acids is 1. The highest BCUT2D eigenvalue weighted by Gasteiger charge is 2.10. The van der Waals surface area contributed by atoms with Crippen LogP contribution in [0.5, 0.6) is 0 Å². The van der Waals surface area contributed by atoms with Crippen LogP contribution in [0.3, 0.4) is 0 Å². The van der Waals surface area contributed by atoms with Gasteiger partial charge in [0.2, 0.25) is 0 Å². The van der Waals surface area contributed by atoms with Crippen molar-refractivity contribution in [1.29, 1.82) is 0 Å². The number of methoxy groups -OCH3 is 1. The van der Waals surface area contributed by atoms with E-state index in [1.54, 1.807) is 0 Å². The topological polar surface area (TPSA) is 38.3 Å². The Labute approximate surface area is 79.2 Å². The van der Waals surface area contributed by atoms with E-state index >= 15 is 0 Å². The second kappa shape index (κ2) is 5.75. The summed E-state index contributed by atoms with van der Waals surface area (Å²) in [5.74, 6) is 0.429. The van der Waals surface area contributed by atoms with E-state index in [9.17, 15) is 4.79 Å². The Hall–Kier alpha value is -0.830. The number of carbonyl (C=O) groups is 1. The molecule has 74 valence electrons. The minimum Gasteiger partial charge on any atom is -0.466 e. The van der Waals surface area contributed by atoms with Gasteiger partial charge in [-0.2, -0.15) is 0 Å². The van der Waals surface area contributed by atoms with Gasteiger partial charge in [0.1, 0.15) is 0 Å². The van der Waals surface area contributed by atoms with Crippen molar-refractivity contribution in [3.63, 3.8) is 0 Å². The molecule has 0 radical (unpaired) electrons. The average molecular weight is 183 g/mol. The third-order valence-electron chi connectivity index (χ3n) is 2.32. The van der Waals surface area contributed by atoms with Crippen LogP contribution in [0.4, 0.5) is 0 Å². The third-order valence-corrected chi connectivity index (χ3v) is 2.32. The molecule has 1 heterocycles. The number of rotatable bonds is 3. The normalized spacial score (nSPS) is 23.3. The van der Waals surface area contributed by atoms with E-state index in [1.807, 2.05) is 6.08 Å². The Bertz CT molecular complexity index is 183. The summed E-state index contributed by atoms with van der Waals surface area (Å²) in [4.78, 5) is 10.7. The van der Waals surface area contributed by atoms with Gasteiger partial charge in [-0.1, -0.05) is 6.08 Å². The smallest absolute Gasteiger partial charge is 0.330 e. The highest BCUT2D eigenvalue weighted by Crippen LogP contribution is 2.13. The Balaban J connectivity index is 2.16. The van der Waals surface area contributed by atoms with Crippen molar-refractivity contribution in [2.45, 2.75) is 19.3 Å². The lowest BCUT2D eigenvalue weighted by atomic mass is 9.96. The van der Waals surface area contributed by atoms with E-state index < -0.39 is 0 Å². The van der Waals surface area contributed by atoms with Crippen LogP contribution in [0.1, 0.15) is 19.3 Å². The fourth-order valence-corrected chi connectivity index (χ4v) is 1.55. The largest absolute Gasteiger partial charge is 0.466 e. The van der Waals surface area contributed by atoms with Crippen LogP contribution in [0.2, 0.25) is 0 Å². The molecule has 0 amide bonds. The zero-order chi connectivity index (χ0) is 9.52. The first-order chi connectivity index (χ1) is 6.33. The molecule has 0 saturated carbocycles. The Kier molecular flexibility index (Phi) is 4.54. The lowest BCUT2D eigenvalue weighted by Crippen LogP contribution is -2.29. The molecule has 0 spiro atoms. The molecule has 0 bridgehead atoms. The number of esters is 1. The van der Waals surface area contributed by atoms with Gasteiger partial charge in [-0.05, 0) is 38.3 Å². The van der Waals surface area contributed by atoms with Crippen LogP contribution in [0, 0.1) is 5.92 Å². The summed E-state index contributed by atoms with van der Waals surface area (Å²) in [7, 11) is 1.40. The highest BCUT2D eigenvalue weighted by molar-refractivity contribution is 5.81. The maximum absolute atomic E-state index is 10.7. The first-order valence-corrected chi connectivity index (χ1v) is 4.78. The highest BCUT2D eigenvalue weighted by atomic mass is 16.5. The molecule has 1 aliphatic rings. The fourth-order valence-electron chi connectivity index (χ4n) is 1.55. The lowest BCUT2D eigenvalue weighted by Gasteiger charge is -2.20. The van der Waals surface area contributed by atoms with E-state index in [1.165, 1.54) is 26.0 Å². The summed E-state index contributed by atoms with van der Waals surface area (Å²) in [6, 6.07) is 0. The molecule has 0 aromatic heterocycles. The molecular weight excluding hydrogens is 166 g/mol. The summed E-state index contributed by atoms with van der Waals surface area (Å²) >= 11 is 0. The molecule has 3 heteroatoms. The van der Waals surface area contributed by atoms with Crippen LogP contribution in [-0.4, -0.2) is 26.2 Å². The zero-order valence-electron chi connectivity index (χ0n) is 8.08. The van der Waals surface area contributed by atoms with Crippen molar-refractivity contribution in [1.82, 2.24) is 5.32 Å². The Morgan fingerprint density at radius 1 is 1.69 bits per heavy atom. The van der Waals surface area contributed by atoms with Crippen LogP contribution >= 0.6 is 0 Å². The molecule has 1 unspecified atom stereocenters. The van der Waals surface area contributed by atoms with Gasteiger partial charge in [0.25, 0.3) is 0 Å². The first-order valence-electron chi connectivity index (χ1n) is 4.78. The van der Waals surface area contributed by atoms with Crippen molar-refractivity contribution >= 4 is 5.97 Å². The van der Waals surface area contributed by atoms with Crippen molar-refractivity contribution in [3.05, 3.63) is 12.2 Å². The number of nitrogens with one attached hydrogen (secondary N) is 1. The van der Waals surface area contributed by atoms with Crippen molar-refractivity contribution in [2.24, 2.45) is 5.92 Å². The predicted molar refractivity (Wildman–Crippen MR) is 51.4 cm³/mol. The van der Waals surface area contributed by atoms with E-state index in [4.69, 9.17) is 0 Å². The van der Waals surface area contributed by atoms with Crippen LogP contribution in [0.15, 0.2) is 12.2 Å². The quantitative estimate of drug-likeness (QED) is 0.526. The average Bonchev–Trinajstić information content (AvgIpc) is 2.19. The van der Waals surface area contributed by atoms with Crippen molar-refractivity contribution in [2.75, 3.05) is 20.2 Å². The maximum Gasteiger partial charge on any atom is 0.330 e.